The molecule has 2 unspecified atom stereocenters. The average Bonchev–Trinajstić information content (AvgIpc) is 3.43. The number of nitrogens with one attached hydrogen (secondary N) is 1. The number of rotatable bonds is 5. The molecule has 2 atom stereocenters. The lowest BCUT2D eigenvalue weighted by atomic mass is 9.97. The summed E-state index contributed by atoms with van der Waals surface area (Å²) in [6.07, 6.45) is 2.93. The van der Waals surface area contributed by atoms with Crippen LogP contribution in [0.3, 0.4) is 0 Å². The van der Waals surface area contributed by atoms with E-state index >= 15 is 0 Å². The molecule has 1 aromatic carbocycles. The fraction of sp³-hybridized carbons (Fsp3) is 0.600. The minimum Gasteiger partial charge on any atom is -0.466 e. The van der Waals surface area contributed by atoms with Crippen LogP contribution < -0.4 is 5.32 Å². The van der Waals surface area contributed by atoms with Crippen molar-refractivity contribution < 1.29 is 9.53 Å². The number of carbonyl (C=O) groups is 1. The number of hydrogen-bond donors (Lipinski definition) is 1. The number of piperidine rings is 1. The number of halogens is 1. The van der Waals surface area contributed by atoms with E-state index in [0.717, 1.165) is 38.4 Å². The van der Waals surface area contributed by atoms with Gasteiger partial charge in [-0.05, 0) is 43.6 Å². The van der Waals surface area contributed by atoms with Crippen LogP contribution in [0.2, 0.25) is 0 Å². The van der Waals surface area contributed by atoms with Crippen LogP contribution in [-0.4, -0.2) is 50.1 Å². The number of carbonyl (C=O) groups excluding carboxylic acids is 1. The van der Waals surface area contributed by atoms with E-state index in [2.05, 4.69) is 45.5 Å². The van der Waals surface area contributed by atoms with Crippen molar-refractivity contribution in [3.8, 4) is 0 Å². The number of esters is 1. The summed E-state index contributed by atoms with van der Waals surface area (Å²) in [5.41, 5.74) is 1.44. The highest BCUT2D eigenvalue weighted by Gasteiger charge is 2.38. The second-order valence-electron chi connectivity index (χ2n) is 6.95. The van der Waals surface area contributed by atoms with E-state index < -0.39 is 0 Å². The Morgan fingerprint density at radius 2 is 1.96 bits per heavy atom. The van der Waals surface area contributed by atoms with Gasteiger partial charge in [0.15, 0.2) is 5.96 Å². The van der Waals surface area contributed by atoms with Crippen LogP contribution in [0.25, 0.3) is 0 Å². The number of aliphatic imine (C=N–C) groups is 1. The zero-order valence-corrected chi connectivity index (χ0v) is 18.0. The Morgan fingerprint density at radius 1 is 1.27 bits per heavy atom. The van der Waals surface area contributed by atoms with E-state index in [0.29, 0.717) is 18.4 Å². The van der Waals surface area contributed by atoms with Gasteiger partial charge < -0.3 is 15.0 Å². The summed E-state index contributed by atoms with van der Waals surface area (Å²) < 4.78 is 5.14. The minimum atomic E-state index is -0.0474. The molecule has 3 rings (SSSR count). The summed E-state index contributed by atoms with van der Waals surface area (Å²) in [6.45, 7) is 5.00. The summed E-state index contributed by atoms with van der Waals surface area (Å²) >= 11 is 0. The third-order valence-electron chi connectivity index (χ3n) is 5.30. The van der Waals surface area contributed by atoms with Crippen molar-refractivity contribution in [2.45, 2.75) is 32.1 Å². The van der Waals surface area contributed by atoms with Crippen molar-refractivity contribution in [3.05, 3.63) is 35.9 Å². The lowest BCUT2D eigenvalue weighted by molar-refractivity contribution is -0.149. The molecule has 5 nitrogen and oxygen atoms in total. The minimum absolute atomic E-state index is 0. The summed E-state index contributed by atoms with van der Waals surface area (Å²) in [6, 6.07) is 10.7. The third-order valence-corrected chi connectivity index (χ3v) is 5.30. The van der Waals surface area contributed by atoms with Gasteiger partial charge in [-0.25, -0.2) is 0 Å². The predicted molar refractivity (Wildman–Crippen MR) is 115 cm³/mol. The SMILES string of the molecule is CCOC(=O)C1CCN(C(=NC)NCC2CC2c2ccccc2)CC1.I. The number of likely N-dealkylation sites (tertiary alicyclic amines) is 1. The summed E-state index contributed by atoms with van der Waals surface area (Å²) in [5, 5.41) is 3.53. The lowest BCUT2D eigenvalue weighted by Gasteiger charge is -2.33. The van der Waals surface area contributed by atoms with E-state index in [4.69, 9.17) is 4.74 Å². The second-order valence-corrected chi connectivity index (χ2v) is 6.95. The smallest absolute Gasteiger partial charge is 0.309 e. The molecule has 0 bridgehead atoms. The third kappa shape index (κ3) is 5.34. The van der Waals surface area contributed by atoms with Crippen LogP contribution in [0.4, 0.5) is 0 Å². The van der Waals surface area contributed by atoms with Crippen LogP contribution in [0, 0.1) is 11.8 Å². The fourth-order valence-corrected chi connectivity index (χ4v) is 3.72. The number of nitrogens with zero attached hydrogens (tertiary/aromatic N) is 2. The highest BCUT2D eigenvalue weighted by molar-refractivity contribution is 14.0. The molecule has 0 aromatic heterocycles. The largest absolute Gasteiger partial charge is 0.466 e. The van der Waals surface area contributed by atoms with Crippen LogP contribution in [-0.2, 0) is 9.53 Å². The van der Waals surface area contributed by atoms with Crippen LogP contribution in [0.1, 0.15) is 37.7 Å². The Labute approximate surface area is 173 Å². The second kappa shape index (κ2) is 10.1. The first-order valence-corrected chi connectivity index (χ1v) is 9.40. The van der Waals surface area contributed by atoms with Crippen LogP contribution >= 0.6 is 24.0 Å². The van der Waals surface area contributed by atoms with Crippen LogP contribution in [0.5, 0.6) is 0 Å². The quantitative estimate of drug-likeness (QED) is 0.310. The predicted octanol–water partition coefficient (Wildman–Crippen LogP) is 3.26. The van der Waals surface area contributed by atoms with Gasteiger partial charge in [-0.15, -0.1) is 24.0 Å². The van der Waals surface area contributed by atoms with E-state index in [1.54, 1.807) is 0 Å². The zero-order valence-electron chi connectivity index (χ0n) is 15.7. The molecule has 2 aliphatic rings. The summed E-state index contributed by atoms with van der Waals surface area (Å²) in [4.78, 5) is 18.5. The molecule has 1 aliphatic heterocycles. The molecule has 1 saturated carbocycles. The van der Waals surface area contributed by atoms with Gasteiger partial charge in [0.2, 0.25) is 0 Å². The van der Waals surface area contributed by atoms with E-state index in [1.807, 2.05) is 14.0 Å². The van der Waals surface area contributed by atoms with Crippen molar-refractivity contribution in [1.82, 2.24) is 10.2 Å². The Morgan fingerprint density at radius 3 is 2.58 bits per heavy atom. The van der Waals surface area contributed by atoms with Gasteiger partial charge in [-0.1, -0.05) is 30.3 Å². The Balaban J connectivity index is 0.00000243. The van der Waals surface area contributed by atoms with Gasteiger partial charge in [0.1, 0.15) is 0 Å². The van der Waals surface area contributed by atoms with Gasteiger partial charge in [-0.2, -0.15) is 0 Å². The molecule has 6 heteroatoms. The van der Waals surface area contributed by atoms with Crippen molar-refractivity contribution in [1.29, 1.82) is 0 Å². The fourth-order valence-electron chi connectivity index (χ4n) is 3.72. The summed E-state index contributed by atoms with van der Waals surface area (Å²) in [7, 11) is 1.83. The number of ether oxygens (including phenoxy) is 1. The van der Waals surface area contributed by atoms with Gasteiger partial charge >= 0.3 is 5.97 Å². The molecule has 144 valence electrons. The molecule has 1 aromatic rings. The zero-order chi connectivity index (χ0) is 17.6. The van der Waals surface area contributed by atoms with E-state index in [-0.39, 0.29) is 35.9 Å². The molecular formula is C20H30IN3O2. The molecular weight excluding hydrogens is 441 g/mol. The lowest BCUT2D eigenvalue weighted by Crippen LogP contribution is -2.47. The molecule has 26 heavy (non-hydrogen) atoms. The van der Waals surface area contributed by atoms with E-state index in [9.17, 15) is 4.79 Å². The van der Waals surface area contributed by atoms with Gasteiger partial charge in [0.05, 0.1) is 12.5 Å². The molecule has 1 N–H and O–H groups in total. The van der Waals surface area contributed by atoms with Crippen molar-refractivity contribution >= 4 is 35.9 Å². The average molecular weight is 471 g/mol. The van der Waals surface area contributed by atoms with Gasteiger partial charge in [-0.3, -0.25) is 9.79 Å². The molecule has 0 radical (unpaired) electrons. The van der Waals surface area contributed by atoms with E-state index in [1.165, 1.54) is 12.0 Å². The monoisotopic (exact) mass is 471 g/mol. The normalized spacial score (nSPS) is 23.2. The van der Waals surface area contributed by atoms with Crippen molar-refractivity contribution in [2.75, 3.05) is 33.3 Å². The van der Waals surface area contributed by atoms with Crippen LogP contribution in [0.15, 0.2) is 35.3 Å². The Kier molecular flexibility index (Phi) is 8.18. The highest BCUT2D eigenvalue weighted by atomic mass is 127. The topological polar surface area (TPSA) is 53.9 Å². The summed E-state index contributed by atoms with van der Waals surface area (Å²) in [5.74, 6) is 2.33. The Hall–Kier alpha value is -1.31. The first-order chi connectivity index (χ1) is 12.2. The number of benzene rings is 1. The standard InChI is InChI=1S/C20H29N3O2.HI/c1-3-25-19(24)16-9-11-23(12-10-16)20(21-2)22-14-17-13-18(17)15-7-5-4-6-8-15;/h4-8,16-18H,3,9-14H2,1-2H3,(H,21,22);1H. The highest BCUT2D eigenvalue weighted by Crippen LogP contribution is 2.46. The molecule has 1 aliphatic carbocycles. The molecule has 0 spiro atoms. The Bertz CT molecular complexity index is 600. The van der Waals surface area contributed by atoms with Crippen molar-refractivity contribution in [3.63, 3.8) is 0 Å². The molecule has 1 saturated heterocycles. The number of guanidine groups is 1. The van der Waals surface area contributed by atoms with Gasteiger partial charge in [0, 0.05) is 26.7 Å². The maximum absolute atomic E-state index is 11.9. The van der Waals surface area contributed by atoms with Crippen molar-refractivity contribution in [2.24, 2.45) is 16.8 Å². The first kappa shape index (κ1) is 21.0. The number of hydrogen-bond acceptors (Lipinski definition) is 3. The first-order valence-electron chi connectivity index (χ1n) is 9.40. The molecule has 1 heterocycles. The van der Waals surface area contributed by atoms with Gasteiger partial charge in [0.25, 0.3) is 0 Å². The molecule has 0 amide bonds. The maximum atomic E-state index is 11.9. The maximum Gasteiger partial charge on any atom is 0.309 e. The molecule has 2 fully saturated rings.